The molecule has 1 heterocycles. The van der Waals surface area contributed by atoms with Crippen LogP contribution in [-0.4, -0.2) is 9.97 Å². The van der Waals surface area contributed by atoms with Crippen LogP contribution in [0.2, 0.25) is 0 Å². The number of imidazole rings is 1. The van der Waals surface area contributed by atoms with Crippen molar-refractivity contribution in [3.05, 3.63) is 47.0 Å². The maximum atomic E-state index is 4.46. The lowest BCUT2D eigenvalue weighted by Gasteiger charge is -2.09. The standard InChI is InChI=1S/C15H21N3/c1-10(2)13-6-5-7-14(8-13)16-9-15-17-11(3)12(4)18-15/h5-8,10,16H,9H2,1-4H3,(H,17,18). The Hall–Kier alpha value is -1.77. The third kappa shape index (κ3) is 2.92. The Balaban J connectivity index is 2.03. The lowest BCUT2D eigenvalue weighted by molar-refractivity contribution is 0.866. The number of aromatic amines is 1. The molecular formula is C15H21N3. The summed E-state index contributed by atoms with van der Waals surface area (Å²) in [5, 5.41) is 3.40. The highest BCUT2D eigenvalue weighted by Gasteiger charge is 2.03. The number of benzene rings is 1. The molecule has 0 amide bonds. The SMILES string of the molecule is Cc1nc(CNc2cccc(C(C)C)c2)[nH]c1C. The molecule has 2 N–H and O–H groups in total. The van der Waals surface area contributed by atoms with E-state index in [2.05, 4.69) is 53.4 Å². The van der Waals surface area contributed by atoms with Gasteiger partial charge in [-0.2, -0.15) is 0 Å². The minimum Gasteiger partial charge on any atom is -0.378 e. The van der Waals surface area contributed by atoms with E-state index in [9.17, 15) is 0 Å². The quantitative estimate of drug-likeness (QED) is 0.858. The summed E-state index contributed by atoms with van der Waals surface area (Å²) < 4.78 is 0. The van der Waals surface area contributed by atoms with E-state index < -0.39 is 0 Å². The molecule has 0 fully saturated rings. The van der Waals surface area contributed by atoms with Crippen LogP contribution in [0.25, 0.3) is 0 Å². The average molecular weight is 243 g/mol. The first-order valence-corrected chi connectivity index (χ1v) is 6.42. The Morgan fingerprint density at radius 2 is 2.06 bits per heavy atom. The summed E-state index contributed by atoms with van der Waals surface area (Å²) in [7, 11) is 0. The number of aryl methyl sites for hydroxylation is 2. The largest absolute Gasteiger partial charge is 0.378 e. The van der Waals surface area contributed by atoms with E-state index in [1.54, 1.807) is 0 Å². The highest BCUT2D eigenvalue weighted by atomic mass is 15.0. The summed E-state index contributed by atoms with van der Waals surface area (Å²) in [5.41, 5.74) is 4.71. The van der Waals surface area contributed by atoms with Crippen LogP contribution in [0.5, 0.6) is 0 Å². The van der Waals surface area contributed by atoms with Gasteiger partial charge in [0.2, 0.25) is 0 Å². The molecule has 18 heavy (non-hydrogen) atoms. The predicted molar refractivity (Wildman–Crippen MR) is 75.9 cm³/mol. The van der Waals surface area contributed by atoms with Gasteiger partial charge in [0.05, 0.1) is 12.2 Å². The van der Waals surface area contributed by atoms with Gasteiger partial charge in [0, 0.05) is 11.4 Å². The lowest BCUT2D eigenvalue weighted by Crippen LogP contribution is -2.02. The zero-order chi connectivity index (χ0) is 13.1. The highest BCUT2D eigenvalue weighted by molar-refractivity contribution is 5.46. The van der Waals surface area contributed by atoms with Crippen molar-refractivity contribution in [1.29, 1.82) is 0 Å². The molecule has 0 aliphatic heterocycles. The second-order valence-corrected chi connectivity index (χ2v) is 5.03. The van der Waals surface area contributed by atoms with Crippen LogP contribution >= 0.6 is 0 Å². The number of nitrogens with zero attached hydrogens (tertiary/aromatic N) is 1. The van der Waals surface area contributed by atoms with E-state index >= 15 is 0 Å². The smallest absolute Gasteiger partial charge is 0.125 e. The monoisotopic (exact) mass is 243 g/mol. The van der Waals surface area contributed by atoms with Gasteiger partial charge in [-0.3, -0.25) is 0 Å². The Kier molecular flexibility index (Phi) is 3.70. The maximum Gasteiger partial charge on any atom is 0.125 e. The highest BCUT2D eigenvalue weighted by Crippen LogP contribution is 2.18. The molecule has 2 rings (SSSR count). The van der Waals surface area contributed by atoms with Gasteiger partial charge in [0.1, 0.15) is 5.82 Å². The van der Waals surface area contributed by atoms with Gasteiger partial charge in [0.25, 0.3) is 0 Å². The molecule has 0 spiro atoms. The zero-order valence-electron chi connectivity index (χ0n) is 11.5. The molecule has 0 radical (unpaired) electrons. The van der Waals surface area contributed by atoms with Gasteiger partial charge < -0.3 is 10.3 Å². The van der Waals surface area contributed by atoms with E-state index in [1.807, 2.05) is 13.8 Å². The topological polar surface area (TPSA) is 40.7 Å². The van der Waals surface area contributed by atoms with Crippen LogP contribution in [0.1, 0.15) is 42.5 Å². The van der Waals surface area contributed by atoms with E-state index in [1.165, 1.54) is 5.56 Å². The number of H-pyrrole nitrogens is 1. The summed E-state index contributed by atoms with van der Waals surface area (Å²) in [4.78, 5) is 7.74. The van der Waals surface area contributed by atoms with Crippen molar-refractivity contribution in [1.82, 2.24) is 9.97 Å². The molecule has 0 atom stereocenters. The summed E-state index contributed by atoms with van der Waals surface area (Å²) in [6, 6.07) is 8.55. The van der Waals surface area contributed by atoms with Crippen molar-refractivity contribution in [2.45, 2.75) is 40.2 Å². The number of anilines is 1. The summed E-state index contributed by atoms with van der Waals surface area (Å²) in [5.74, 6) is 1.54. The Morgan fingerprint density at radius 3 is 2.67 bits per heavy atom. The fourth-order valence-corrected chi connectivity index (χ4v) is 1.90. The zero-order valence-corrected chi connectivity index (χ0v) is 11.5. The van der Waals surface area contributed by atoms with E-state index in [-0.39, 0.29) is 0 Å². The first-order valence-electron chi connectivity index (χ1n) is 6.42. The van der Waals surface area contributed by atoms with Crippen LogP contribution in [0.15, 0.2) is 24.3 Å². The Labute approximate surface area is 109 Å². The Bertz CT molecular complexity index is 507. The van der Waals surface area contributed by atoms with Crippen LogP contribution in [0.4, 0.5) is 5.69 Å². The number of hydrogen-bond acceptors (Lipinski definition) is 2. The van der Waals surface area contributed by atoms with E-state index in [0.717, 1.165) is 29.4 Å². The first-order chi connectivity index (χ1) is 8.56. The molecule has 96 valence electrons. The molecule has 3 nitrogen and oxygen atoms in total. The van der Waals surface area contributed by atoms with Gasteiger partial charge in [0.15, 0.2) is 0 Å². The molecule has 1 aromatic heterocycles. The maximum absolute atomic E-state index is 4.46. The van der Waals surface area contributed by atoms with E-state index in [0.29, 0.717) is 5.92 Å². The van der Waals surface area contributed by atoms with Crippen LogP contribution < -0.4 is 5.32 Å². The predicted octanol–water partition coefficient (Wildman–Crippen LogP) is 3.76. The van der Waals surface area contributed by atoms with Crippen LogP contribution in [-0.2, 0) is 6.54 Å². The van der Waals surface area contributed by atoms with Crippen molar-refractivity contribution >= 4 is 5.69 Å². The van der Waals surface area contributed by atoms with Gasteiger partial charge in [-0.1, -0.05) is 26.0 Å². The van der Waals surface area contributed by atoms with Crippen molar-refractivity contribution in [2.24, 2.45) is 0 Å². The molecule has 3 heteroatoms. The van der Waals surface area contributed by atoms with Gasteiger partial charge in [-0.25, -0.2) is 4.98 Å². The molecular weight excluding hydrogens is 222 g/mol. The Morgan fingerprint density at radius 1 is 1.28 bits per heavy atom. The normalized spacial score (nSPS) is 10.9. The lowest BCUT2D eigenvalue weighted by atomic mass is 10.0. The van der Waals surface area contributed by atoms with Crippen LogP contribution in [0, 0.1) is 13.8 Å². The molecule has 0 bridgehead atoms. The number of hydrogen-bond donors (Lipinski definition) is 2. The molecule has 0 unspecified atom stereocenters. The minimum atomic E-state index is 0.555. The molecule has 0 aliphatic carbocycles. The van der Waals surface area contributed by atoms with Crippen LogP contribution in [0.3, 0.4) is 0 Å². The van der Waals surface area contributed by atoms with E-state index in [4.69, 9.17) is 0 Å². The fraction of sp³-hybridized carbons (Fsp3) is 0.400. The fourth-order valence-electron chi connectivity index (χ4n) is 1.90. The number of rotatable bonds is 4. The second-order valence-electron chi connectivity index (χ2n) is 5.03. The molecule has 2 aromatic rings. The first kappa shape index (κ1) is 12.7. The van der Waals surface area contributed by atoms with Crippen molar-refractivity contribution < 1.29 is 0 Å². The van der Waals surface area contributed by atoms with Crippen molar-refractivity contribution in [2.75, 3.05) is 5.32 Å². The summed E-state index contributed by atoms with van der Waals surface area (Å²) in [6.07, 6.45) is 0. The number of aromatic nitrogens is 2. The van der Waals surface area contributed by atoms with Gasteiger partial charge in [-0.05, 0) is 37.5 Å². The molecule has 1 aromatic carbocycles. The van der Waals surface area contributed by atoms with Gasteiger partial charge in [-0.15, -0.1) is 0 Å². The molecule has 0 aliphatic rings. The van der Waals surface area contributed by atoms with Gasteiger partial charge >= 0.3 is 0 Å². The molecule has 0 saturated carbocycles. The minimum absolute atomic E-state index is 0.555. The summed E-state index contributed by atoms with van der Waals surface area (Å²) in [6.45, 7) is 9.22. The number of nitrogens with one attached hydrogen (secondary N) is 2. The average Bonchev–Trinajstić information content (AvgIpc) is 2.67. The third-order valence-electron chi connectivity index (χ3n) is 3.19. The summed E-state index contributed by atoms with van der Waals surface area (Å²) >= 11 is 0. The van der Waals surface area contributed by atoms with Crippen molar-refractivity contribution in [3.8, 4) is 0 Å². The second kappa shape index (κ2) is 5.25. The molecule has 0 saturated heterocycles. The van der Waals surface area contributed by atoms with Crippen molar-refractivity contribution in [3.63, 3.8) is 0 Å². The third-order valence-corrected chi connectivity index (χ3v) is 3.19.